The molecule has 3 N–H and O–H groups in total. The van der Waals surface area contributed by atoms with Crippen molar-refractivity contribution in [2.75, 3.05) is 0 Å². The summed E-state index contributed by atoms with van der Waals surface area (Å²) in [5.74, 6) is 0.381. The normalized spacial score (nSPS) is 32.3. The van der Waals surface area contributed by atoms with Gasteiger partial charge in [0.05, 0.1) is 0 Å². The Morgan fingerprint density at radius 1 is 1.33 bits per heavy atom. The smallest absolute Gasteiger partial charge is 0.408 e. The number of nitrogens with one attached hydrogen (secondary N) is 1. The predicted molar refractivity (Wildman–Crippen MR) is 71.2 cm³/mol. The highest BCUT2D eigenvalue weighted by molar-refractivity contribution is 5.69. The van der Waals surface area contributed by atoms with Crippen LogP contribution in [0.5, 0.6) is 0 Å². The van der Waals surface area contributed by atoms with E-state index in [9.17, 15) is 4.79 Å². The van der Waals surface area contributed by atoms with Gasteiger partial charge in [-0.1, -0.05) is 13.8 Å². The average molecular weight is 254 g/mol. The van der Waals surface area contributed by atoms with Crippen molar-refractivity contribution in [1.29, 1.82) is 0 Å². The zero-order valence-corrected chi connectivity index (χ0v) is 12.2. The van der Waals surface area contributed by atoms with E-state index in [0.29, 0.717) is 5.92 Å². The Balaban J connectivity index is 2.00. The highest BCUT2D eigenvalue weighted by Gasteiger charge is 2.67. The van der Waals surface area contributed by atoms with E-state index in [1.807, 2.05) is 20.8 Å². The van der Waals surface area contributed by atoms with E-state index < -0.39 is 5.60 Å². The van der Waals surface area contributed by atoms with Gasteiger partial charge in [0.1, 0.15) is 5.60 Å². The zero-order chi connectivity index (χ0) is 13.8. The second kappa shape index (κ2) is 3.86. The van der Waals surface area contributed by atoms with Crippen LogP contribution in [0, 0.1) is 11.3 Å². The number of ether oxygens (including phenoxy) is 1. The second-order valence-corrected chi connectivity index (χ2v) is 7.46. The van der Waals surface area contributed by atoms with Crippen molar-refractivity contribution in [3.05, 3.63) is 0 Å². The lowest BCUT2D eigenvalue weighted by Gasteiger charge is -2.44. The highest BCUT2D eigenvalue weighted by Crippen LogP contribution is 2.61. The summed E-state index contributed by atoms with van der Waals surface area (Å²) < 4.78 is 5.36. The molecule has 4 heteroatoms. The third-order valence-electron chi connectivity index (χ3n) is 4.50. The van der Waals surface area contributed by atoms with E-state index in [1.165, 1.54) is 0 Å². The van der Waals surface area contributed by atoms with Crippen LogP contribution in [0.1, 0.15) is 53.9 Å². The maximum Gasteiger partial charge on any atom is 0.408 e. The highest BCUT2D eigenvalue weighted by atomic mass is 16.6. The van der Waals surface area contributed by atoms with Crippen molar-refractivity contribution in [3.8, 4) is 0 Å². The maximum absolute atomic E-state index is 11.9. The van der Waals surface area contributed by atoms with E-state index in [0.717, 1.165) is 19.3 Å². The average Bonchev–Trinajstić information content (AvgIpc) is 2.57. The molecule has 0 saturated heterocycles. The molecule has 2 saturated carbocycles. The Labute approximate surface area is 110 Å². The molecule has 1 amide bonds. The minimum Gasteiger partial charge on any atom is -0.444 e. The summed E-state index contributed by atoms with van der Waals surface area (Å²) in [5, 5.41) is 3.09. The van der Waals surface area contributed by atoms with Gasteiger partial charge in [0.25, 0.3) is 0 Å². The molecule has 2 unspecified atom stereocenters. The molecule has 2 atom stereocenters. The molecule has 0 aromatic rings. The van der Waals surface area contributed by atoms with E-state index in [2.05, 4.69) is 19.2 Å². The fourth-order valence-electron chi connectivity index (χ4n) is 3.31. The molecule has 2 rings (SSSR count). The monoisotopic (exact) mass is 254 g/mol. The van der Waals surface area contributed by atoms with Crippen LogP contribution in [-0.4, -0.2) is 23.3 Å². The summed E-state index contributed by atoms with van der Waals surface area (Å²) in [6.07, 6.45) is 2.90. The molecule has 18 heavy (non-hydrogen) atoms. The molecular formula is C14H26N2O2. The molecule has 0 aliphatic heterocycles. The van der Waals surface area contributed by atoms with Crippen LogP contribution in [0.2, 0.25) is 0 Å². The lowest BCUT2D eigenvalue weighted by atomic mass is 9.71. The number of hydrogen-bond donors (Lipinski definition) is 2. The molecule has 2 fully saturated rings. The zero-order valence-electron chi connectivity index (χ0n) is 12.2. The molecule has 0 spiro atoms. The second-order valence-electron chi connectivity index (χ2n) is 7.46. The molecule has 2 aliphatic rings. The van der Waals surface area contributed by atoms with Crippen LogP contribution in [0.4, 0.5) is 4.79 Å². The van der Waals surface area contributed by atoms with Crippen molar-refractivity contribution < 1.29 is 9.53 Å². The standard InChI is InChI=1S/C14H26N2O2/c1-12(2,3)18-11(17)16-14(7-6-8-14)9-10(15)13(9,4)5/h9-10H,6-8,15H2,1-5H3,(H,16,17). The first-order chi connectivity index (χ1) is 8.08. The van der Waals surface area contributed by atoms with Crippen molar-refractivity contribution >= 4 is 6.09 Å². The van der Waals surface area contributed by atoms with Gasteiger partial charge in [-0.05, 0) is 45.4 Å². The first-order valence-corrected chi connectivity index (χ1v) is 6.85. The van der Waals surface area contributed by atoms with Crippen LogP contribution in [0.3, 0.4) is 0 Å². The van der Waals surface area contributed by atoms with Crippen molar-refractivity contribution in [1.82, 2.24) is 5.32 Å². The number of nitrogens with two attached hydrogens (primary N) is 1. The molecule has 0 aromatic heterocycles. The van der Waals surface area contributed by atoms with Gasteiger partial charge in [0.15, 0.2) is 0 Å². The summed E-state index contributed by atoms with van der Waals surface area (Å²) in [4.78, 5) is 11.9. The summed E-state index contributed by atoms with van der Waals surface area (Å²) in [6, 6.07) is 0.188. The van der Waals surface area contributed by atoms with Gasteiger partial charge in [0, 0.05) is 17.5 Å². The number of amides is 1. The fraction of sp³-hybridized carbons (Fsp3) is 0.929. The molecule has 0 bridgehead atoms. The van der Waals surface area contributed by atoms with Gasteiger partial charge in [0.2, 0.25) is 0 Å². The lowest BCUT2D eigenvalue weighted by Crippen LogP contribution is -2.57. The van der Waals surface area contributed by atoms with E-state index in [1.54, 1.807) is 0 Å². The van der Waals surface area contributed by atoms with Crippen molar-refractivity contribution in [2.45, 2.75) is 71.1 Å². The number of hydrogen-bond acceptors (Lipinski definition) is 3. The van der Waals surface area contributed by atoms with E-state index in [-0.39, 0.29) is 23.1 Å². The largest absolute Gasteiger partial charge is 0.444 e. The van der Waals surface area contributed by atoms with E-state index in [4.69, 9.17) is 10.5 Å². The molecule has 104 valence electrons. The third-order valence-corrected chi connectivity index (χ3v) is 4.50. The third kappa shape index (κ3) is 2.22. The summed E-state index contributed by atoms with van der Waals surface area (Å²) in [6.45, 7) is 10.0. The quantitative estimate of drug-likeness (QED) is 0.795. The van der Waals surface area contributed by atoms with Crippen LogP contribution < -0.4 is 11.1 Å². The summed E-state index contributed by atoms with van der Waals surface area (Å²) in [5.41, 5.74) is 5.72. The molecule has 0 radical (unpaired) electrons. The van der Waals surface area contributed by atoms with Crippen molar-refractivity contribution in [2.24, 2.45) is 17.1 Å². The van der Waals surface area contributed by atoms with Crippen LogP contribution >= 0.6 is 0 Å². The van der Waals surface area contributed by atoms with Crippen LogP contribution in [-0.2, 0) is 4.74 Å². The molecule has 0 heterocycles. The van der Waals surface area contributed by atoms with Gasteiger partial charge >= 0.3 is 6.09 Å². The van der Waals surface area contributed by atoms with Gasteiger partial charge in [-0.15, -0.1) is 0 Å². The van der Waals surface area contributed by atoms with Crippen LogP contribution in [0.15, 0.2) is 0 Å². The Morgan fingerprint density at radius 2 is 1.83 bits per heavy atom. The number of carbonyl (C=O) groups is 1. The Kier molecular flexibility index (Phi) is 2.93. The minimum atomic E-state index is -0.448. The van der Waals surface area contributed by atoms with Gasteiger partial charge in [-0.25, -0.2) is 4.79 Å². The topological polar surface area (TPSA) is 64.3 Å². The van der Waals surface area contributed by atoms with Gasteiger partial charge in [-0.3, -0.25) is 0 Å². The fourth-order valence-corrected chi connectivity index (χ4v) is 3.31. The number of carbonyl (C=O) groups excluding carboxylic acids is 1. The molecule has 2 aliphatic carbocycles. The van der Waals surface area contributed by atoms with Crippen LogP contribution in [0.25, 0.3) is 0 Å². The molecular weight excluding hydrogens is 228 g/mol. The molecule has 0 aromatic carbocycles. The lowest BCUT2D eigenvalue weighted by molar-refractivity contribution is 0.0327. The SMILES string of the molecule is CC(C)(C)OC(=O)NC1(C2C(N)C2(C)C)CCC1. The molecule has 4 nitrogen and oxygen atoms in total. The van der Waals surface area contributed by atoms with Gasteiger partial charge < -0.3 is 15.8 Å². The number of alkyl carbamates (subject to hydrolysis) is 1. The number of rotatable bonds is 2. The first kappa shape index (κ1) is 13.7. The Hall–Kier alpha value is -0.770. The maximum atomic E-state index is 11.9. The Morgan fingerprint density at radius 3 is 2.11 bits per heavy atom. The first-order valence-electron chi connectivity index (χ1n) is 6.85. The summed E-state index contributed by atoms with van der Waals surface area (Å²) in [7, 11) is 0. The Bertz CT molecular complexity index is 353. The summed E-state index contributed by atoms with van der Waals surface area (Å²) >= 11 is 0. The van der Waals surface area contributed by atoms with Crippen molar-refractivity contribution in [3.63, 3.8) is 0 Å². The van der Waals surface area contributed by atoms with Gasteiger partial charge in [-0.2, -0.15) is 0 Å². The van der Waals surface area contributed by atoms with E-state index >= 15 is 0 Å². The minimum absolute atomic E-state index is 0.120. The predicted octanol–water partition coefficient (Wildman–Crippen LogP) is 2.42.